The number of hydrogen-bond acceptors (Lipinski definition) is 8. The van der Waals surface area contributed by atoms with Gasteiger partial charge in [-0.3, -0.25) is 9.59 Å². The number of nitrogens with one attached hydrogen (secondary N) is 2. The van der Waals surface area contributed by atoms with Gasteiger partial charge in [-0.25, -0.2) is 21.8 Å². The second-order valence-corrected chi connectivity index (χ2v) is 16.1. The van der Waals surface area contributed by atoms with Crippen LogP contribution in [0.3, 0.4) is 0 Å². The summed E-state index contributed by atoms with van der Waals surface area (Å²) in [6.07, 6.45) is 1.04. The summed E-state index contributed by atoms with van der Waals surface area (Å²) in [5.41, 5.74) is 1.04. The number of benzodiazepines with no additional fused rings is 1. The fraction of sp³-hybridized carbons (Fsp3) is 0.242. The van der Waals surface area contributed by atoms with E-state index in [1.807, 2.05) is 48.5 Å². The highest BCUT2D eigenvalue weighted by Gasteiger charge is 2.45. The smallest absolute Gasteiger partial charge is 0.272 e. The van der Waals surface area contributed by atoms with E-state index < -0.39 is 43.4 Å². The Labute approximate surface area is 272 Å². The number of amides is 2. The van der Waals surface area contributed by atoms with E-state index in [9.17, 15) is 26.4 Å². The minimum Gasteiger partial charge on any atom is -0.325 e. The maximum absolute atomic E-state index is 14.2. The molecule has 238 valence electrons. The van der Waals surface area contributed by atoms with Crippen LogP contribution in [0.1, 0.15) is 43.2 Å². The maximum Gasteiger partial charge on any atom is 0.272 e. The summed E-state index contributed by atoms with van der Waals surface area (Å²) in [4.78, 5) is 34.0. The average Bonchev–Trinajstić information content (AvgIpc) is 3.57. The van der Waals surface area contributed by atoms with Crippen LogP contribution in [0.15, 0.2) is 115 Å². The van der Waals surface area contributed by atoms with E-state index in [1.165, 1.54) is 22.4 Å². The molecular weight excluding hydrogens is 645 g/mol. The lowest BCUT2D eigenvalue weighted by molar-refractivity contribution is -0.132. The van der Waals surface area contributed by atoms with Crippen LogP contribution in [0.2, 0.25) is 0 Å². The Morgan fingerprint density at radius 2 is 1.50 bits per heavy atom. The van der Waals surface area contributed by atoms with Gasteiger partial charge in [-0.2, -0.15) is 4.72 Å². The van der Waals surface area contributed by atoms with Gasteiger partial charge in [-0.05, 0) is 37.1 Å². The Bertz CT molecular complexity index is 2020. The van der Waals surface area contributed by atoms with E-state index in [0.717, 1.165) is 29.4 Å². The Morgan fingerprint density at radius 3 is 2.20 bits per heavy atom. The molecule has 1 unspecified atom stereocenters. The molecule has 46 heavy (non-hydrogen) atoms. The van der Waals surface area contributed by atoms with Crippen LogP contribution in [-0.2, 0) is 29.4 Å². The van der Waals surface area contributed by atoms with Gasteiger partial charge in [0.05, 0.1) is 21.2 Å². The zero-order valence-electron chi connectivity index (χ0n) is 24.9. The molecule has 0 spiro atoms. The molecule has 0 saturated heterocycles. The van der Waals surface area contributed by atoms with Crippen molar-refractivity contribution in [1.82, 2.24) is 10.0 Å². The van der Waals surface area contributed by atoms with Crippen molar-refractivity contribution in [3.8, 4) is 0 Å². The fourth-order valence-corrected chi connectivity index (χ4v) is 10.2. The van der Waals surface area contributed by atoms with Crippen molar-refractivity contribution in [2.75, 3.05) is 11.9 Å². The third kappa shape index (κ3) is 6.03. The lowest BCUT2D eigenvalue weighted by Crippen LogP contribution is -2.62. The molecule has 13 heteroatoms. The lowest BCUT2D eigenvalue weighted by atomic mass is 9.82. The predicted molar refractivity (Wildman–Crippen MR) is 176 cm³/mol. The molecule has 10 nitrogen and oxygen atoms in total. The summed E-state index contributed by atoms with van der Waals surface area (Å²) in [6.45, 7) is 0. The second kappa shape index (κ2) is 12.6. The number of fused-ring (bicyclic) bond motifs is 1. The topological polar surface area (TPSA) is 142 Å². The molecule has 1 fully saturated rings. The first-order valence-corrected chi connectivity index (χ1v) is 18.6. The predicted octanol–water partition coefficient (Wildman–Crippen LogP) is 4.52. The largest absolute Gasteiger partial charge is 0.325 e. The first-order valence-electron chi connectivity index (χ1n) is 14.8. The van der Waals surface area contributed by atoms with E-state index >= 15 is 0 Å². The molecule has 1 saturated carbocycles. The molecular formula is C33H32N4O6S3. The standard InChI is InChI=1S/C33H32N4O6S3/c1-37-27-18-10-9-17-26(27)29(23-13-5-2-6-14-23)34-30(31(37)38)35-32(39)33(19-11-4-12-20-33)36-46(42,43)28-21-25(22-44-28)45(40,41)24-15-7-3-8-16-24/h2-3,5-10,13-18,21-22,30,36H,4,11-12,19-20H2,1H3,(H,35,39). The molecule has 0 radical (unpaired) electrons. The van der Waals surface area contributed by atoms with Crippen molar-refractivity contribution in [3.63, 3.8) is 0 Å². The van der Waals surface area contributed by atoms with Crippen molar-refractivity contribution in [2.24, 2.45) is 4.99 Å². The number of sulfonamides is 1. The van der Waals surface area contributed by atoms with Gasteiger partial charge >= 0.3 is 0 Å². The van der Waals surface area contributed by atoms with Gasteiger partial charge in [0.2, 0.25) is 21.9 Å². The summed E-state index contributed by atoms with van der Waals surface area (Å²) < 4.78 is 56.2. The average molecular weight is 677 g/mol. The minimum absolute atomic E-state index is 0.0449. The van der Waals surface area contributed by atoms with Crippen LogP contribution in [0.4, 0.5) is 5.69 Å². The lowest BCUT2D eigenvalue weighted by Gasteiger charge is -2.36. The summed E-state index contributed by atoms with van der Waals surface area (Å²) in [5, 5.41) is 4.05. The summed E-state index contributed by atoms with van der Waals surface area (Å²) in [7, 11) is -6.68. The van der Waals surface area contributed by atoms with Crippen LogP contribution < -0.4 is 14.9 Å². The summed E-state index contributed by atoms with van der Waals surface area (Å²) in [6, 6.07) is 25.5. The van der Waals surface area contributed by atoms with Gasteiger partial charge in [0.15, 0.2) is 0 Å². The van der Waals surface area contributed by atoms with Crippen LogP contribution in [0, 0.1) is 0 Å². The molecule has 1 aliphatic heterocycles. The van der Waals surface area contributed by atoms with E-state index in [2.05, 4.69) is 10.0 Å². The van der Waals surface area contributed by atoms with Crippen molar-refractivity contribution in [1.29, 1.82) is 0 Å². The van der Waals surface area contributed by atoms with Gasteiger partial charge in [0.1, 0.15) is 9.75 Å². The highest BCUT2D eigenvalue weighted by molar-refractivity contribution is 7.93. The molecule has 2 amide bonds. The van der Waals surface area contributed by atoms with Crippen LogP contribution in [-0.4, -0.2) is 53.1 Å². The van der Waals surface area contributed by atoms with Gasteiger partial charge in [0, 0.05) is 23.6 Å². The van der Waals surface area contributed by atoms with Gasteiger partial charge < -0.3 is 10.2 Å². The summed E-state index contributed by atoms with van der Waals surface area (Å²) >= 11 is 0.763. The summed E-state index contributed by atoms with van der Waals surface area (Å²) in [5.74, 6) is -1.15. The molecule has 6 rings (SSSR count). The number of para-hydroxylation sites is 1. The van der Waals surface area contributed by atoms with Crippen molar-refractivity contribution >= 4 is 54.4 Å². The number of benzene rings is 3. The van der Waals surface area contributed by atoms with Crippen LogP contribution in [0.25, 0.3) is 0 Å². The molecule has 1 atom stereocenters. The quantitative estimate of drug-likeness (QED) is 0.281. The van der Waals surface area contributed by atoms with E-state index in [-0.39, 0.29) is 26.8 Å². The van der Waals surface area contributed by atoms with E-state index in [4.69, 9.17) is 4.99 Å². The Hall–Kier alpha value is -4.17. The molecule has 2 aliphatic rings. The number of nitrogens with zero attached hydrogens (tertiary/aromatic N) is 2. The number of rotatable bonds is 8. The number of likely N-dealkylation sites (N-methyl/N-ethyl adjacent to an activating group) is 1. The van der Waals surface area contributed by atoms with E-state index in [0.29, 0.717) is 29.8 Å². The zero-order chi connectivity index (χ0) is 32.5. The molecule has 3 aromatic carbocycles. The number of hydrogen-bond donors (Lipinski definition) is 2. The van der Waals surface area contributed by atoms with Crippen LogP contribution in [0.5, 0.6) is 0 Å². The van der Waals surface area contributed by atoms with Gasteiger partial charge in [-0.1, -0.05) is 86.0 Å². The molecule has 1 aromatic heterocycles. The number of thiophene rings is 1. The Kier molecular flexibility index (Phi) is 8.68. The normalized spacial score (nSPS) is 18.3. The molecule has 1 aliphatic carbocycles. The van der Waals surface area contributed by atoms with Crippen molar-refractivity contribution in [2.45, 2.75) is 57.8 Å². The highest BCUT2D eigenvalue weighted by atomic mass is 32.2. The zero-order valence-corrected chi connectivity index (χ0v) is 27.4. The van der Waals surface area contributed by atoms with Gasteiger partial charge in [0.25, 0.3) is 15.9 Å². The van der Waals surface area contributed by atoms with Crippen LogP contribution >= 0.6 is 11.3 Å². The third-order valence-corrected chi connectivity index (χ3v) is 13.2. The fourth-order valence-electron chi connectivity index (χ4n) is 5.86. The molecule has 2 heterocycles. The number of aliphatic imine (C=N–C) groups is 1. The first kappa shape index (κ1) is 31.8. The molecule has 2 N–H and O–H groups in total. The molecule has 0 bridgehead atoms. The molecule has 4 aromatic rings. The number of carbonyl (C=O) groups excluding carboxylic acids is 2. The number of carbonyl (C=O) groups is 2. The maximum atomic E-state index is 14.2. The number of sulfone groups is 1. The van der Waals surface area contributed by atoms with E-state index in [1.54, 1.807) is 31.3 Å². The third-order valence-electron chi connectivity index (χ3n) is 8.31. The Morgan fingerprint density at radius 1 is 0.870 bits per heavy atom. The van der Waals surface area contributed by atoms with Crippen molar-refractivity contribution in [3.05, 3.63) is 108 Å². The highest BCUT2D eigenvalue weighted by Crippen LogP contribution is 2.34. The second-order valence-electron chi connectivity index (χ2n) is 11.3. The Balaban J connectivity index is 1.32. The minimum atomic E-state index is -4.34. The number of anilines is 1. The van der Waals surface area contributed by atoms with Crippen molar-refractivity contribution < 1.29 is 26.4 Å². The first-order chi connectivity index (χ1) is 22.0. The SMILES string of the molecule is CN1C(=O)C(NC(=O)C2(NS(=O)(=O)c3cc(S(=O)(=O)c4ccccc4)cs3)CCCCC2)N=C(c2ccccc2)c2ccccc21. The monoisotopic (exact) mass is 676 g/mol. The van der Waals surface area contributed by atoms with Gasteiger partial charge in [-0.15, -0.1) is 11.3 Å².